The number of hydrogen-bond acceptors (Lipinski definition) is 10. The second-order valence-electron chi connectivity index (χ2n) is 20.4. The van der Waals surface area contributed by atoms with Crippen LogP contribution in [0, 0.1) is 0 Å². The molecule has 0 bridgehead atoms. The Morgan fingerprint density at radius 2 is 0.831 bits per heavy atom. The normalized spacial score (nSPS) is 19.0. The second kappa shape index (κ2) is 51.2. The van der Waals surface area contributed by atoms with Crippen LogP contribution in [0.2, 0.25) is 0 Å². The van der Waals surface area contributed by atoms with Crippen LogP contribution in [0.5, 0.6) is 0 Å². The molecule has 0 spiro atoms. The zero-order valence-corrected chi connectivity index (χ0v) is 45.7. The summed E-state index contributed by atoms with van der Waals surface area (Å²) in [6.45, 7) is 3.36. The van der Waals surface area contributed by atoms with Crippen LogP contribution in [0.3, 0.4) is 0 Å². The van der Waals surface area contributed by atoms with Crippen molar-refractivity contribution in [2.24, 2.45) is 0 Å². The molecular formula is C61H110O10. The van der Waals surface area contributed by atoms with Gasteiger partial charge >= 0.3 is 11.9 Å². The lowest BCUT2D eigenvalue weighted by Gasteiger charge is -2.39. The third-order valence-electron chi connectivity index (χ3n) is 13.7. The number of aliphatic hydroxyl groups excluding tert-OH is 4. The van der Waals surface area contributed by atoms with Crippen molar-refractivity contribution in [1.29, 1.82) is 0 Å². The number of hydrogen-bond donors (Lipinski definition) is 4. The third kappa shape index (κ3) is 41.7. The van der Waals surface area contributed by atoms with E-state index in [-0.39, 0.29) is 32.0 Å². The fourth-order valence-corrected chi connectivity index (χ4v) is 9.12. The summed E-state index contributed by atoms with van der Waals surface area (Å²) in [5.41, 5.74) is 0. The number of esters is 2. The van der Waals surface area contributed by atoms with Crippen molar-refractivity contribution in [3.8, 4) is 0 Å². The molecule has 1 saturated heterocycles. The average molecular weight is 1000 g/mol. The number of aliphatic hydroxyl groups is 4. The Morgan fingerprint density at radius 1 is 0.451 bits per heavy atom. The minimum atomic E-state index is -1.60. The summed E-state index contributed by atoms with van der Waals surface area (Å²) in [4.78, 5) is 25.6. The molecular weight excluding hydrogens is 893 g/mol. The van der Waals surface area contributed by atoms with E-state index < -0.39 is 49.4 Å². The highest BCUT2D eigenvalue weighted by molar-refractivity contribution is 5.70. The standard InChI is InChI=1S/C61H110O10/c1-3-5-7-9-11-13-15-17-19-21-23-25-27-29-31-33-35-37-39-41-43-45-47-49-56(63)68-52-54(53-69-61-60(67)59(66)58(65)55(51-62)71-61)70-57(64)50-48-46-44-42-40-38-36-34-32-30-28-26-24-22-20-18-16-14-12-10-8-6-4-2/h6,8,12,14,18,20,24,26,54-55,58-62,65-67H,3-5,7,9-11,13,15-17,19,21-23,25,27-53H2,1-2H3/b8-6-,14-12-,20-18-,26-24-. The van der Waals surface area contributed by atoms with E-state index in [0.29, 0.717) is 6.42 Å². The minimum absolute atomic E-state index is 0.216. The van der Waals surface area contributed by atoms with Gasteiger partial charge in [-0.2, -0.15) is 0 Å². The molecule has 0 aromatic heterocycles. The molecule has 71 heavy (non-hydrogen) atoms. The highest BCUT2D eigenvalue weighted by Gasteiger charge is 2.44. The summed E-state index contributed by atoms with van der Waals surface area (Å²) in [7, 11) is 0. The van der Waals surface area contributed by atoms with Crippen molar-refractivity contribution in [3.63, 3.8) is 0 Å². The van der Waals surface area contributed by atoms with Crippen LogP contribution in [-0.4, -0.2) is 89.0 Å². The summed E-state index contributed by atoms with van der Waals surface area (Å²) < 4.78 is 22.3. The predicted molar refractivity (Wildman–Crippen MR) is 293 cm³/mol. The fraction of sp³-hybridized carbons (Fsp3) is 0.836. The SMILES string of the molecule is CC/C=C\C/C=C\C/C=C\C/C=C\CCCCCCCCCCCCC(=O)OC(COC(=O)CCCCCCCCCCCCCCCCCCCCCCCCC)COC1OC(CO)C(O)C(O)C1O. The van der Waals surface area contributed by atoms with Gasteiger partial charge in [0.1, 0.15) is 31.0 Å². The highest BCUT2D eigenvalue weighted by Crippen LogP contribution is 2.23. The van der Waals surface area contributed by atoms with Crippen LogP contribution >= 0.6 is 0 Å². The number of allylic oxidation sites excluding steroid dienone is 8. The summed E-state index contributed by atoms with van der Waals surface area (Å²) in [6.07, 6.45) is 57.0. The summed E-state index contributed by atoms with van der Waals surface area (Å²) in [5.74, 6) is -0.798. The number of rotatable bonds is 51. The second-order valence-corrected chi connectivity index (χ2v) is 20.4. The van der Waals surface area contributed by atoms with Gasteiger partial charge in [-0.3, -0.25) is 9.59 Å². The Balaban J connectivity index is 2.18. The van der Waals surface area contributed by atoms with E-state index in [4.69, 9.17) is 18.9 Å². The molecule has 0 aromatic rings. The molecule has 1 fully saturated rings. The molecule has 1 heterocycles. The van der Waals surface area contributed by atoms with Crippen LogP contribution in [0.25, 0.3) is 0 Å². The largest absolute Gasteiger partial charge is 0.462 e. The summed E-state index contributed by atoms with van der Waals surface area (Å²) >= 11 is 0. The average Bonchev–Trinajstić information content (AvgIpc) is 3.37. The van der Waals surface area contributed by atoms with Crippen LogP contribution in [0.1, 0.15) is 271 Å². The Morgan fingerprint density at radius 3 is 1.25 bits per heavy atom. The maximum absolute atomic E-state index is 12.9. The van der Waals surface area contributed by atoms with Gasteiger partial charge in [0.05, 0.1) is 13.2 Å². The molecule has 1 aliphatic rings. The van der Waals surface area contributed by atoms with Crippen molar-refractivity contribution in [2.45, 2.75) is 307 Å². The van der Waals surface area contributed by atoms with Gasteiger partial charge in [-0.1, -0.05) is 255 Å². The van der Waals surface area contributed by atoms with Crippen molar-refractivity contribution < 1.29 is 49.0 Å². The van der Waals surface area contributed by atoms with Gasteiger partial charge in [0.15, 0.2) is 12.4 Å². The number of carbonyl (C=O) groups is 2. The maximum atomic E-state index is 12.9. The number of carbonyl (C=O) groups excluding carboxylic acids is 2. The zero-order chi connectivity index (χ0) is 51.5. The Kier molecular flexibility index (Phi) is 48.0. The van der Waals surface area contributed by atoms with Gasteiger partial charge in [-0.15, -0.1) is 0 Å². The number of ether oxygens (including phenoxy) is 4. The molecule has 1 rings (SSSR count). The van der Waals surface area contributed by atoms with E-state index in [2.05, 4.69) is 62.5 Å². The smallest absolute Gasteiger partial charge is 0.306 e. The molecule has 0 amide bonds. The first-order valence-corrected chi connectivity index (χ1v) is 29.7. The lowest BCUT2D eigenvalue weighted by Crippen LogP contribution is -2.59. The van der Waals surface area contributed by atoms with Gasteiger partial charge < -0.3 is 39.4 Å². The predicted octanol–water partition coefficient (Wildman–Crippen LogP) is 15.1. The lowest BCUT2D eigenvalue weighted by molar-refractivity contribution is -0.305. The third-order valence-corrected chi connectivity index (χ3v) is 13.7. The summed E-state index contributed by atoms with van der Waals surface area (Å²) in [6, 6.07) is 0. The van der Waals surface area contributed by atoms with E-state index >= 15 is 0 Å². The highest BCUT2D eigenvalue weighted by atomic mass is 16.7. The Labute approximate surface area is 435 Å². The molecule has 10 heteroatoms. The van der Waals surface area contributed by atoms with E-state index in [1.165, 1.54) is 167 Å². The molecule has 0 aliphatic carbocycles. The molecule has 4 N–H and O–H groups in total. The monoisotopic (exact) mass is 1000 g/mol. The molecule has 0 aromatic carbocycles. The van der Waals surface area contributed by atoms with Crippen molar-refractivity contribution in [3.05, 3.63) is 48.6 Å². The number of unbranched alkanes of at least 4 members (excludes halogenated alkanes) is 32. The van der Waals surface area contributed by atoms with Crippen LogP contribution in [0.15, 0.2) is 48.6 Å². The Hall–Kier alpha value is -2.34. The van der Waals surface area contributed by atoms with E-state index in [0.717, 1.165) is 70.6 Å². The van der Waals surface area contributed by atoms with E-state index in [1.54, 1.807) is 0 Å². The molecule has 1 aliphatic heterocycles. The quantitative estimate of drug-likeness (QED) is 0.0263. The fourth-order valence-electron chi connectivity index (χ4n) is 9.12. The molecule has 414 valence electrons. The van der Waals surface area contributed by atoms with Crippen LogP contribution in [0.4, 0.5) is 0 Å². The van der Waals surface area contributed by atoms with Gasteiger partial charge in [-0.05, 0) is 51.4 Å². The van der Waals surface area contributed by atoms with Crippen LogP contribution in [-0.2, 0) is 28.5 Å². The molecule has 0 saturated carbocycles. The summed E-state index contributed by atoms with van der Waals surface area (Å²) in [5, 5.41) is 40.3. The van der Waals surface area contributed by atoms with Gasteiger partial charge in [0.25, 0.3) is 0 Å². The van der Waals surface area contributed by atoms with E-state index in [9.17, 15) is 30.0 Å². The minimum Gasteiger partial charge on any atom is -0.462 e. The van der Waals surface area contributed by atoms with Crippen LogP contribution < -0.4 is 0 Å². The van der Waals surface area contributed by atoms with E-state index in [1.807, 2.05) is 0 Å². The van der Waals surface area contributed by atoms with Crippen molar-refractivity contribution >= 4 is 11.9 Å². The first kappa shape index (κ1) is 66.7. The zero-order valence-electron chi connectivity index (χ0n) is 45.7. The van der Waals surface area contributed by atoms with Crippen molar-refractivity contribution in [2.75, 3.05) is 19.8 Å². The Bertz CT molecular complexity index is 1300. The molecule has 10 nitrogen and oxygen atoms in total. The van der Waals surface area contributed by atoms with Gasteiger partial charge in [-0.25, -0.2) is 0 Å². The molecule has 6 atom stereocenters. The maximum Gasteiger partial charge on any atom is 0.306 e. The molecule has 6 unspecified atom stereocenters. The lowest BCUT2D eigenvalue weighted by atomic mass is 9.99. The van der Waals surface area contributed by atoms with Crippen molar-refractivity contribution in [1.82, 2.24) is 0 Å². The van der Waals surface area contributed by atoms with Gasteiger partial charge in [0, 0.05) is 12.8 Å². The first-order valence-electron chi connectivity index (χ1n) is 29.7. The topological polar surface area (TPSA) is 152 Å². The first-order chi connectivity index (χ1) is 34.8. The molecule has 0 radical (unpaired) electrons. The van der Waals surface area contributed by atoms with Gasteiger partial charge in [0.2, 0.25) is 0 Å².